The number of halogens is 2. The summed E-state index contributed by atoms with van der Waals surface area (Å²) in [5.41, 5.74) is 0.554. The lowest BCUT2D eigenvalue weighted by molar-refractivity contribution is -0.121. The van der Waals surface area contributed by atoms with Crippen LogP contribution in [0.1, 0.15) is 12.0 Å². The molecule has 1 amide bonds. The van der Waals surface area contributed by atoms with Gasteiger partial charge in [0.1, 0.15) is 5.82 Å². The smallest absolute Gasteiger partial charge is 0.220 e. The lowest BCUT2D eigenvalue weighted by Crippen LogP contribution is -2.27. The molecule has 1 heterocycles. The van der Waals surface area contributed by atoms with Crippen LogP contribution in [0, 0.1) is 5.82 Å². The highest BCUT2D eigenvalue weighted by Gasteiger charge is 2.06. The summed E-state index contributed by atoms with van der Waals surface area (Å²) in [6.07, 6.45) is 5.91. The molecule has 1 aromatic heterocycles. The van der Waals surface area contributed by atoms with Crippen molar-refractivity contribution in [1.82, 2.24) is 14.9 Å². The first kappa shape index (κ1) is 14.7. The largest absolute Gasteiger partial charge is 0.354 e. The lowest BCUT2D eigenvalue weighted by atomic mass is 10.1. The number of nitrogens with zero attached hydrogens (tertiary/aromatic N) is 2. The van der Waals surface area contributed by atoms with Crippen molar-refractivity contribution in [2.75, 3.05) is 6.54 Å². The Labute approximate surface area is 125 Å². The number of imidazole rings is 1. The second-order valence-electron chi connectivity index (χ2n) is 4.39. The molecular formula is C14H15BrFN3O. The molecule has 0 radical (unpaired) electrons. The molecular weight excluding hydrogens is 325 g/mol. The molecule has 0 atom stereocenters. The summed E-state index contributed by atoms with van der Waals surface area (Å²) in [4.78, 5) is 15.6. The topological polar surface area (TPSA) is 46.9 Å². The Kier molecular flexibility index (Phi) is 5.29. The van der Waals surface area contributed by atoms with Crippen LogP contribution in [0.2, 0.25) is 0 Å². The maximum atomic E-state index is 13.6. The van der Waals surface area contributed by atoms with Gasteiger partial charge in [0.15, 0.2) is 0 Å². The van der Waals surface area contributed by atoms with Crippen LogP contribution in [0.25, 0.3) is 0 Å². The fraction of sp³-hybridized carbons (Fsp3) is 0.286. The van der Waals surface area contributed by atoms with Gasteiger partial charge in [0.05, 0.1) is 6.33 Å². The number of aryl methyl sites for hydroxylation is 1. The summed E-state index contributed by atoms with van der Waals surface area (Å²) >= 11 is 3.20. The number of aromatic nitrogens is 2. The zero-order chi connectivity index (χ0) is 14.4. The average molecular weight is 340 g/mol. The van der Waals surface area contributed by atoms with Crippen molar-refractivity contribution in [2.45, 2.75) is 19.4 Å². The van der Waals surface area contributed by atoms with E-state index in [4.69, 9.17) is 0 Å². The molecule has 0 fully saturated rings. The van der Waals surface area contributed by atoms with Gasteiger partial charge < -0.3 is 9.88 Å². The van der Waals surface area contributed by atoms with E-state index in [0.29, 0.717) is 29.5 Å². The van der Waals surface area contributed by atoms with Crippen molar-refractivity contribution < 1.29 is 9.18 Å². The molecule has 0 aliphatic carbocycles. The molecule has 0 bridgehead atoms. The van der Waals surface area contributed by atoms with Gasteiger partial charge >= 0.3 is 0 Å². The van der Waals surface area contributed by atoms with Gasteiger partial charge in [-0.15, -0.1) is 0 Å². The zero-order valence-electron chi connectivity index (χ0n) is 10.9. The second kappa shape index (κ2) is 7.19. The van der Waals surface area contributed by atoms with Crippen molar-refractivity contribution in [3.8, 4) is 0 Å². The zero-order valence-corrected chi connectivity index (χ0v) is 12.4. The van der Waals surface area contributed by atoms with Gasteiger partial charge in [-0.25, -0.2) is 9.37 Å². The standard InChI is InChI=1S/C14H15BrFN3O/c15-12-3-1-11(13(16)9-12)2-4-14(20)18-6-8-19-7-5-17-10-19/h1,3,5,7,9-10H,2,4,6,8H2,(H,18,20). The highest BCUT2D eigenvalue weighted by molar-refractivity contribution is 9.10. The van der Waals surface area contributed by atoms with Gasteiger partial charge in [-0.1, -0.05) is 22.0 Å². The van der Waals surface area contributed by atoms with Gasteiger partial charge in [0, 0.05) is 36.4 Å². The van der Waals surface area contributed by atoms with Crippen molar-refractivity contribution in [3.05, 3.63) is 52.8 Å². The van der Waals surface area contributed by atoms with E-state index in [1.807, 2.05) is 10.8 Å². The molecule has 0 saturated heterocycles. The van der Waals surface area contributed by atoms with E-state index < -0.39 is 0 Å². The fourth-order valence-corrected chi connectivity index (χ4v) is 2.14. The maximum absolute atomic E-state index is 13.6. The Morgan fingerprint density at radius 2 is 2.30 bits per heavy atom. The first-order valence-electron chi connectivity index (χ1n) is 6.31. The first-order valence-corrected chi connectivity index (χ1v) is 7.11. The number of hydrogen-bond donors (Lipinski definition) is 1. The molecule has 0 spiro atoms. The van der Waals surface area contributed by atoms with Crippen LogP contribution in [0.3, 0.4) is 0 Å². The molecule has 106 valence electrons. The number of benzene rings is 1. The highest BCUT2D eigenvalue weighted by atomic mass is 79.9. The predicted octanol–water partition coefficient (Wildman–Crippen LogP) is 2.53. The van der Waals surface area contributed by atoms with Crippen LogP contribution in [-0.4, -0.2) is 22.0 Å². The van der Waals surface area contributed by atoms with Crippen molar-refractivity contribution in [3.63, 3.8) is 0 Å². The van der Waals surface area contributed by atoms with Gasteiger partial charge in [0.2, 0.25) is 5.91 Å². The van der Waals surface area contributed by atoms with E-state index in [9.17, 15) is 9.18 Å². The van der Waals surface area contributed by atoms with E-state index >= 15 is 0 Å². The Morgan fingerprint density at radius 3 is 3.00 bits per heavy atom. The Bertz CT molecular complexity index is 572. The summed E-state index contributed by atoms with van der Waals surface area (Å²) in [7, 11) is 0. The quantitative estimate of drug-likeness (QED) is 0.879. The van der Waals surface area contributed by atoms with Crippen LogP contribution >= 0.6 is 15.9 Å². The third-order valence-corrected chi connectivity index (χ3v) is 3.38. The summed E-state index contributed by atoms with van der Waals surface area (Å²) in [6.45, 7) is 1.22. The van der Waals surface area contributed by atoms with Crippen molar-refractivity contribution >= 4 is 21.8 Å². The number of carbonyl (C=O) groups is 1. The number of hydrogen-bond acceptors (Lipinski definition) is 2. The SMILES string of the molecule is O=C(CCc1ccc(Br)cc1F)NCCn1ccnc1. The minimum Gasteiger partial charge on any atom is -0.354 e. The van der Waals surface area contributed by atoms with Gasteiger partial charge in [0.25, 0.3) is 0 Å². The lowest BCUT2D eigenvalue weighted by Gasteiger charge is -2.06. The molecule has 1 aromatic carbocycles. The van der Waals surface area contributed by atoms with Crippen molar-refractivity contribution in [2.24, 2.45) is 0 Å². The Hall–Kier alpha value is -1.69. The van der Waals surface area contributed by atoms with Gasteiger partial charge in [-0.2, -0.15) is 0 Å². The molecule has 0 unspecified atom stereocenters. The monoisotopic (exact) mass is 339 g/mol. The fourth-order valence-electron chi connectivity index (χ4n) is 1.80. The molecule has 2 rings (SSSR count). The Morgan fingerprint density at radius 1 is 1.45 bits per heavy atom. The molecule has 20 heavy (non-hydrogen) atoms. The molecule has 1 N–H and O–H groups in total. The average Bonchev–Trinajstić information content (AvgIpc) is 2.91. The van der Waals surface area contributed by atoms with Crippen LogP contribution in [-0.2, 0) is 17.8 Å². The minimum absolute atomic E-state index is 0.0764. The van der Waals surface area contributed by atoms with Gasteiger partial charge in [-0.3, -0.25) is 4.79 Å². The van der Waals surface area contributed by atoms with Crippen LogP contribution in [0.4, 0.5) is 4.39 Å². The second-order valence-corrected chi connectivity index (χ2v) is 5.30. The van der Waals surface area contributed by atoms with E-state index in [2.05, 4.69) is 26.2 Å². The van der Waals surface area contributed by atoms with Gasteiger partial charge in [-0.05, 0) is 24.1 Å². The molecule has 0 saturated carbocycles. The predicted molar refractivity (Wildman–Crippen MR) is 77.7 cm³/mol. The number of carbonyl (C=O) groups excluding carboxylic acids is 1. The Balaban J connectivity index is 1.72. The van der Waals surface area contributed by atoms with E-state index in [1.165, 1.54) is 6.07 Å². The van der Waals surface area contributed by atoms with Crippen LogP contribution in [0.15, 0.2) is 41.4 Å². The molecule has 2 aromatic rings. The highest BCUT2D eigenvalue weighted by Crippen LogP contribution is 2.16. The van der Waals surface area contributed by atoms with Crippen LogP contribution < -0.4 is 5.32 Å². The molecule has 4 nitrogen and oxygen atoms in total. The number of nitrogens with one attached hydrogen (secondary N) is 1. The number of amides is 1. The first-order chi connectivity index (χ1) is 9.65. The normalized spacial score (nSPS) is 10.5. The summed E-state index contributed by atoms with van der Waals surface area (Å²) in [5, 5.41) is 2.80. The van der Waals surface area contributed by atoms with E-state index in [1.54, 1.807) is 24.7 Å². The third kappa shape index (κ3) is 4.45. The number of rotatable bonds is 6. The summed E-state index contributed by atoms with van der Waals surface area (Å²) in [5.74, 6) is -0.363. The maximum Gasteiger partial charge on any atom is 0.220 e. The molecule has 0 aliphatic rings. The molecule has 6 heteroatoms. The summed E-state index contributed by atoms with van der Waals surface area (Å²) < 4.78 is 16.1. The molecule has 0 aliphatic heterocycles. The van der Waals surface area contributed by atoms with E-state index in [0.717, 1.165) is 0 Å². The van der Waals surface area contributed by atoms with Crippen LogP contribution in [0.5, 0.6) is 0 Å². The minimum atomic E-state index is -0.286. The third-order valence-electron chi connectivity index (χ3n) is 2.89. The van der Waals surface area contributed by atoms with Crippen molar-refractivity contribution in [1.29, 1.82) is 0 Å². The summed E-state index contributed by atoms with van der Waals surface area (Å²) in [6, 6.07) is 4.87. The van der Waals surface area contributed by atoms with E-state index in [-0.39, 0.29) is 18.1 Å².